The SMILES string of the molecule is COC1(c2ccc(C(F)(F)F)cc2CO[Si](C(C)C)(C(C)C)C(C)C)CCCCCC1. The van der Waals surface area contributed by atoms with Gasteiger partial charge in [-0.2, -0.15) is 13.2 Å². The Morgan fingerprint density at radius 1 is 0.903 bits per heavy atom. The topological polar surface area (TPSA) is 18.5 Å². The molecule has 0 aliphatic heterocycles. The molecule has 0 amide bonds. The average Bonchev–Trinajstić information content (AvgIpc) is 2.93. The van der Waals surface area contributed by atoms with Crippen LogP contribution in [0.5, 0.6) is 0 Å². The quantitative estimate of drug-likeness (QED) is 0.287. The van der Waals surface area contributed by atoms with Crippen LogP contribution >= 0.6 is 0 Å². The molecule has 0 aromatic heterocycles. The van der Waals surface area contributed by atoms with Gasteiger partial charge in [0.15, 0.2) is 0 Å². The molecular formula is C25H41F3O2Si. The van der Waals surface area contributed by atoms with E-state index in [0.29, 0.717) is 22.2 Å². The molecule has 1 aliphatic rings. The number of ether oxygens (including phenoxy) is 1. The van der Waals surface area contributed by atoms with Gasteiger partial charge >= 0.3 is 6.18 Å². The van der Waals surface area contributed by atoms with Gasteiger partial charge in [-0.1, -0.05) is 73.3 Å². The molecule has 0 saturated heterocycles. The maximum atomic E-state index is 13.6. The summed E-state index contributed by atoms with van der Waals surface area (Å²) >= 11 is 0. The summed E-state index contributed by atoms with van der Waals surface area (Å²) in [5.74, 6) is 0. The Morgan fingerprint density at radius 2 is 1.42 bits per heavy atom. The Kier molecular flexibility index (Phi) is 8.85. The van der Waals surface area contributed by atoms with E-state index in [1.54, 1.807) is 13.2 Å². The molecule has 1 fully saturated rings. The molecule has 1 aromatic carbocycles. The van der Waals surface area contributed by atoms with Gasteiger partial charge in [-0.3, -0.25) is 0 Å². The van der Waals surface area contributed by atoms with Gasteiger partial charge in [-0.15, -0.1) is 0 Å². The van der Waals surface area contributed by atoms with Crippen LogP contribution < -0.4 is 0 Å². The molecular weight excluding hydrogens is 417 g/mol. The Labute approximate surface area is 188 Å². The molecule has 0 spiro atoms. The minimum Gasteiger partial charge on any atom is -0.412 e. The third kappa shape index (κ3) is 5.56. The van der Waals surface area contributed by atoms with Crippen molar-refractivity contribution in [2.75, 3.05) is 7.11 Å². The second-order valence-corrected chi connectivity index (χ2v) is 15.5. The fourth-order valence-electron chi connectivity index (χ4n) is 5.92. The highest BCUT2D eigenvalue weighted by molar-refractivity contribution is 6.77. The first-order valence-electron chi connectivity index (χ1n) is 11.8. The maximum absolute atomic E-state index is 13.6. The van der Waals surface area contributed by atoms with E-state index < -0.39 is 25.7 Å². The predicted octanol–water partition coefficient (Wildman–Crippen LogP) is 8.59. The number of hydrogen-bond donors (Lipinski definition) is 0. The van der Waals surface area contributed by atoms with E-state index in [1.165, 1.54) is 12.1 Å². The maximum Gasteiger partial charge on any atom is 0.416 e. The zero-order chi connectivity index (χ0) is 23.4. The van der Waals surface area contributed by atoms with Crippen molar-refractivity contribution in [3.63, 3.8) is 0 Å². The molecule has 0 atom stereocenters. The molecule has 0 unspecified atom stereocenters. The summed E-state index contributed by atoms with van der Waals surface area (Å²) in [5, 5.41) is 0. The van der Waals surface area contributed by atoms with E-state index in [0.717, 1.165) is 44.1 Å². The summed E-state index contributed by atoms with van der Waals surface area (Å²) in [6.07, 6.45) is 1.63. The van der Waals surface area contributed by atoms with Crippen molar-refractivity contribution < 1.29 is 22.3 Å². The summed E-state index contributed by atoms with van der Waals surface area (Å²) in [7, 11) is -0.515. The van der Waals surface area contributed by atoms with Crippen LogP contribution in [-0.2, 0) is 27.5 Å². The summed E-state index contributed by atoms with van der Waals surface area (Å²) in [5.41, 5.74) is 1.49. The highest BCUT2D eigenvalue weighted by Crippen LogP contribution is 2.45. The van der Waals surface area contributed by atoms with Crippen LogP contribution in [0.15, 0.2) is 18.2 Å². The molecule has 1 aliphatic carbocycles. The van der Waals surface area contributed by atoms with Crippen LogP contribution in [-0.4, -0.2) is 15.4 Å². The van der Waals surface area contributed by atoms with Gasteiger partial charge in [-0.05, 0) is 52.7 Å². The third-order valence-electron chi connectivity index (χ3n) is 7.41. The minimum absolute atomic E-state index is 0.213. The fraction of sp³-hybridized carbons (Fsp3) is 0.760. The number of halogens is 3. The van der Waals surface area contributed by atoms with Crippen molar-refractivity contribution in [2.45, 2.75) is 115 Å². The largest absolute Gasteiger partial charge is 0.416 e. The second kappa shape index (κ2) is 10.4. The lowest BCUT2D eigenvalue weighted by Gasteiger charge is -2.43. The highest BCUT2D eigenvalue weighted by Gasteiger charge is 2.45. The first kappa shape index (κ1) is 26.4. The van der Waals surface area contributed by atoms with E-state index in [4.69, 9.17) is 9.16 Å². The molecule has 1 saturated carbocycles. The first-order chi connectivity index (χ1) is 14.4. The lowest BCUT2D eigenvalue weighted by molar-refractivity contribution is -0.137. The predicted molar refractivity (Wildman–Crippen MR) is 124 cm³/mol. The lowest BCUT2D eigenvalue weighted by Crippen LogP contribution is -2.47. The fourth-order valence-corrected chi connectivity index (χ4v) is 11.3. The van der Waals surface area contributed by atoms with E-state index >= 15 is 0 Å². The van der Waals surface area contributed by atoms with Gasteiger partial charge < -0.3 is 9.16 Å². The summed E-state index contributed by atoms with van der Waals surface area (Å²) in [6.45, 7) is 13.4. The number of hydrogen-bond acceptors (Lipinski definition) is 2. The zero-order valence-electron chi connectivity index (χ0n) is 20.4. The smallest absolute Gasteiger partial charge is 0.412 e. The molecule has 0 N–H and O–H groups in total. The van der Waals surface area contributed by atoms with Crippen LogP contribution in [0.1, 0.15) is 96.8 Å². The monoisotopic (exact) mass is 458 g/mol. The molecule has 31 heavy (non-hydrogen) atoms. The van der Waals surface area contributed by atoms with Crippen LogP contribution in [0.25, 0.3) is 0 Å². The molecule has 0 radical (unpaired) electrons. The Balaban J connectivity index is 2.55. The summed E-state index contributed by atoms with van der Waals surface area (Å²) < 4.78 is 53.5. The van der Waals surface area contributed by atoms with E-state index in [2.05, 4.69) is 41.5 Å². The summed E-state index contributed by atoms with van der Waals surface area (Å²) in [4.78, 5) is 0. The highest BCUT2D eigenvalue weighted by atomic mass is 28.4. The van der Waals surface area contributed by atoms with Crippen molar-refractivity contribution in [1.82, 2.24) is 0 Å². The molecule has 6 heteroatoms. The van der Waals surface area contributed by atoms with Crippen LogP contribution in [0.4, 0.5) is 13.2 Å². The van der Waals surface area contributed by atoms with Crippen molar-refractivity contribution >= 4 is 8.32 Å². The normalized spacial score (nSPS) is 18.1. The first-order valence-corrected chi connectivity index (χ1v) is 13.9. The molecule has 2 nitrogen and oxygen atoms in total. The number of rotatable bonds is 8. The van der Waals surface area contributed by atoms with Crippen molar-refractivity contribution in [2.24, 2.45) is 0 Å². The number of methoxy groups -OCH3 is 1. The lowest BCUT2D eigenvalue weighted by atomic mass is 9.83. The van der Waals surface area contributed by atoms with Crippen LogP contribution in [0.3, 0.4) is 0 Å². The van der Waals surface area contributed by atoms with Crippen molar-refractivity contribution in [3.05, 3.63) is 34.9 Å². The van der Waals surface area contributed by atoms with E-state index in [-0.39, 0.29) is 6.61 Å². The minimum atomic E-state index is -4.38. The van der Waals surface area contributed by atoms with Crippen LogP contribution in [0, 0.1) is 0 Å². The van der Waals surface area contributed by atoms with Gasteiger partial charge in [0.2, 0.25) is 8.32 Å². The molecule has 1 aromatic rings. The van der Waals surface area contributed by atoms with Gasteiger partial charge in [0.25, 0.3) is 0 Å². The molecule has 2 rings (SSSR count). The Bertz CT molecular complexity index is 683. The average molecular weight is 459 g/mol. The Morgan fingerprint density at radius 3 is 1.84 bits per heavy atom. The molecule has 0 heterocycles. The standard InChI is InChI=1S/C25H41F3O2Si/c1-18(2)31(19(3)4,20(5)6)30-17-21-16-22(25(26,27)28)12-13-23(21)24(29-7)14-10-8-9-11-15-24/h12-13,16,18-20H,8-11,14-15,17H2,1-7H3. The van der Waals surface area contributed by atoms with Gasteiger partial charge in [0.05, 0.1) is 17.8 Å². The van der Waals surface area contributed by atoms with E-state index in [1.807, 2.05) is 0 Å². The second-order valence-electron chi connectivity index (χ2n) is 10.1. The van der Waals surface area contributed by atoms with E-state index in [9.17, 15) is 13.2 Å². The van der Waals surface area contributed by atoms with Gasteiger partial charge in [0.1, 0.15) is 0 Å². The molecule has 0 bridgehead atoms. The number of alkyl halides is 3. The van der Waals surface area contributed by atoms with Gasteiger partial charge in [-0.25, -0.2) is 0 Å². The molecule has 178 valence electrons. The number of benzene rings is 1. The van der Waals surface area contributed by atoms with Crippen molar-refractivity contribution in [1.29, 1.82) is 0 Å². The Hall–Kier alpha value is -0.853. The third-order valence-corrected chi connectivity index (χ3v) is 13.5. The van der Waals surface area contributed by atoms with Crippen LogP contribution in [0.2, 0.25) is 16.6 Å². The zero-order valence-corrected chi connectivity index (χ0v) is 21.4. The van der Waals surface area contributed by atoms with Crippen molar-refractivity contribution in [3.8, 4) is 0 Å². The van der Waals surface area contributed by atoms with Gasteiger partial charge in [0, 0.05) is 7.11 Å². The summed E-state index contributed by atoms with van der Waals surface area (Å²) in [6, 6.07) is 4.17.